The Morgan fingerprint density at radius 2 is 2.11 bits per heavy atom. The molecular weight excluding hydrogens is 256 g/mol. The fraction of sp³-hybridized carbons (Fsp3) is 0.333. The summed E-state index contributed by atoms with van der Waals surface area (Å²) in [5, 5.41) is 14.3. The van der Waals surface area contributed by atoms with Crippen LogP contribution in [0.5, 0.6) is 0 Å². The average Bonchev–Trinajstić information content (AvgIpc) is 2.28. The van der Waals surface area contributed by atoms with Gasteiger partial charge in [0.05, 0.1) is 23.7 Å². The number of benzene rings is 1. The summed E-state index contributed by atoms with van der Waals surface area (Å²) < 4.78 is 0. The van der Waals surface area contributed by atoms with Gasteiger partial charge in [0.1, 0.15) is 0 Å². The first-order valence-corrected chi connectivity index (χ1v) is 5.85. The maximum absolute atomic E-state index is 11.5. The van der Waals surface area contributed by atoms with Crippen molar-refractivity contribution in [1.82, 2.24) is 5.32 Å². The van der Waals surface area contributed by atoms with Gasteiger partial charge in [-0.1, -0.05) is 17.7 Å². The smallest absolute Gasteiger partial charge is 0.304 e. The molecule has 0 aliphatic rings. The van der Waals surface area contributed by atoms with Crippen LogP contribution in [0, 0.1) is 6.92 Å². The Morgan fingerprint density at radius 1 is 1.39 bits per heavy atom. The highest BCUT2D eigenvalue weighted by Crippen LogP contribution is 2.22. The lowest BCUT2D eigenvalue weighted by Crippen LogP contribution is -2.29. The third-order valence-electron chi connectivity index (χ3n) is 2.20. The van der Waals surface area contributed by atoms with E-state index in [2.05, 4.69) is 10.6 Å². The molecule has 0 aromatic heterocycles. The van der Waals surface area contributed by atoms with Crippen LogP contribution >= 0.6 is 11.6 Å². The third-order valence-corrected chi connectivity index (χ3v) is 2.51. The summed E-state index contributed by atoms with van der Waals surface area (Å²) in [5.41, 5.74) is 1.56. The van der Waals surface area contributed by atoms with Gasteiger partial charge >= 0.3 is 5.97 Å². The normalized spacial score (nSPS) is 10.1. The van der Waals surface area contributed by atoms with Gasteiger partial charge in [0.15, 0.2) is 0 Å². The lowest BCUT2D eigenvalue weighted by atomic mass is 10.2. The Hall–Kier alpha value is -1.59. The Morgan fingerprint density at radius 3 is 2.72 bits per heavy atom. The number of carboxylic acids is 1. The Labute approximate surface area is 110 Å². The molecule has 3 N–H and O–H groups in total. The standard InChI is InChI=1S/C12H15ClN2O3/c1-8-2-3-10(9(13)6-8)15-11(16)7-14-5-4-12(17)18/h2-3,6,14H,4-5,7H2,1H3,(H,15,16)(H,17,18). The molecule has 1 amide bonds. The van der Waals surface area contributed by atoms with Crippen LogP contribution in [0.15, 0.2) is 18.2 Å². The minimum absolute atomic E-state index is 0.0153. The van der Waals surface area contributed by atoms with E-state index in [0.717, 1.165) is 5.56 Å². The summed E-state index contributed by atoms with van der Waals surface area (Å²) in [5.74, 6) is -1.16. The lowest BCUT2D eigenvalue weighted by Gasteiger charge is -2.08. The molecule has 0 aliphatic heterocycles. The van der Waals surface area contributed by atoms with Crippen LogP contribution in [0.4, 0.5) is 5.69 Å². The van der Waals surface area contributed by atoms with E-state index in [-0.39, 0.29) is 25.4 Å². The van der Waals surface area contributed by atoms with Crippen molar-refractivity contribution in [2.45, 2.75) is 13.3 Å². The molecule has 0 bridgehead atoms. The first-order chi connectivity index (χ1) is 8.49. The van der Waals surface area contributed by atoms with Crippen LogP contribution in [0.3, 0.4) is 0 Å². The van der Waals surface area contributed by atoms with Crippen molar-refractivity contribution in [3.05, 3.63) is 28.8 Å². The average molecular weight is 271 g/mol. The van der Waals surface area contributed by atoms with Crippen LogP contribution < -0.4 is 10.6 Å². The molecule has 0 saturated heterocycles. The van der Waals surface area contributed by atoms with Crippen LogP contribution in [0.1, 0.15) is 12.0 Å². The van der Waals surface area contributed by atoms with Gasteiger partial charge in [-0.3, -0.25) is 9.59 Å². The zero-order valence-electron chi connectivity index (χ0n) is 10.00. The summed E-state index contributed by atoms with van der Waals surface area (Å²) in [6.45, 7) is 2.22. The summed E-state index contributed by atoms with van der Waals surface area (Å²) in [6.07, 6.45) is -0.0153. The number of anilines is 1. The van der Waals surface area contributed by atoms with Gasteiger partial charge in [-0.25, -0.2) is 0 Å². The molecule has 0 heterocycles. The summed E-state index contributed by atoms with van der Waals surface area (Å²) in [7, 11) is 0. The fourth-order valence-electron chi connectivity index (χ4n) is 1.31. The van der Waals surface area contributed by atoms with Crippen LogP contribution in [-0.2, 0) is 9.59 Å². The van der Waals surface area contributed by atoms with E-state index < -0.39 is 5.97 Å². The van der Waals surface area contributed by atoms with Crippen LogP contribution in [-0.4, -0.2) is 30.1 Å². The van der Waals surface area contributed by atoms with E-state index >= 15 is 0 Å². The monoisotopic (exact) mass is 270 g/mol. The molecule has 0 radical (unpaired) electrons. The molecule has 0 spiro atoms. The van der Waals surface area contributed by atoms with Crippen molar-refractivity contribution in [3.8, 4) is 0 Å². The van der Waals surface area contributed by atoms with Gasteiger partial charge in [0.25, 0.3) is 0 Å². The fourth-order valence-corrected chi connectivity index (χ4v) is 1.60. The molecule has 0 atom stereocenters. The second kappa shape index (κ2) is 6.98. The molecule has 0 unspecified atom stereocenters. The summed E-state index contributed by atoms with van der Waals surface area (Å²) in [6, 6.07) is 5.33. The van der Waals surface area contributed by atoms with Gasteiger partial charge in [-0.05, 0) is 24.6 Å². The number of hydrogen-bond donors (Lipinski definition) is 3. The van der Waals surface area contributed by atoms with E-state index in [4.69, 9.17) is 16.7 Å². The maximum Gasteiger partial charge on any atom is 0.304 e. The van der Waals surface area contributed by atoms with Crippen molar-refractivity contribution in [1.29, 1.82) is 0 Å². The first kappa shape index (κ1) is 14.5. The minimum Gasteiger partial charge on any atom is -0.481 e. The summed E-state index contributed by atoms with van der Waals surface area (Å²) >= 11 is 5.96. The Kier molecular flexibility index (Phi) is 5.61. The van der Waals surface area contributed by atoms with Gasteiger partial charge in [0.2, 0.25) is 5.91 Å². The van der Waals surface area contributed by atoms with E-state index in [0.29, 0.717) is 10.7 Å². The van der Waals surface area contributed by atoms with Crippen molar-refractivity contribution in [3.63, 3.8) is 0 Å². The number of carbonyl (C=O) groups is 2. The first-order valence-electron chi connectivity index (χ1n) is 5.47. The molecule has 0 aliphatic carbocycles. The molecule has 6 heteroatoms. The zero-order chi connectivity index (χ0) is 13.5. The minimum atomic E-state index is -0.899. The molecule has 1 aromatic carbocycles. The van der Waals surface area contributed by atoms with E-state index in [9.17, 15) is 9.59 Å². The molecule has 18 heavy (non-hydrogen) atoms. The van der Waals surface area contributed by atoms with Crippen LogP contribution in [0.2, 0.25) is 5.02 Å². The molecule has 1 rings (SSSR count). The highest BCUT2D eigenvalue weighted by molar-refractivity contribution is 6.33. The topological polar surface area (TPSA) is 78.4 Å². The quantitative estimate of drug-likeness (QED) is 0.687. The SMILES string of the molecule is Cc1ccc(NC(=O)CNCCC(=O)O)c(Cl)c1. The van der Waals surface area contributed by atoms with Crippen molar-refractivity contribution in [2.75, 3.05) is 18.4 Å². The van der Waals surface area contributed by atoms with E-state index in [1.165, 1.54) is 0 Å². The molecule has 98 valence electrons. The highest BCUT2D eigenvalue weighted by atomic mass is 35.5. The van der Waals surface area contributed by atoms with E-state index in [1.54, 1.807) is 12.1 Å². The number of carboxylic acid groups (broad SMARTS) is 1. The van der Waals surface area contributed by atoms with Gasteiger partial charge < -0.3 is 15.7 Å². The van der Waals surface area contributed by atoms with Crippen molar-refractivity contribution >= 4 is 29.2 Å². The molecule has 1 aromatic rings. The number of carbonyl (C=O) groups excluding carboxylic acids is 1. The lowest BCUT2D eigenvalue weighted by molar-refractivity contribution is -0.137. The molecule has 0 fully saturated rings. The molecular formula is C12H15ClN2O3. The number of nitrogens with one attached hydrogen (secondary N) is 2. The predicted molar refractivity (Wildman–Crippen MR) is 69.9 cm³/mol. The number of aryl methyl sites for hydroxylation is 1. The zero-order valence-corrected chi connectivity index (χ0v) is 10.8. The van der Waals surface area contributed by atoms with Gasteiger partial charge in [-0.2, -0.15) is 0 Å². The molecule has 0 saturated carbocycles. The number of hydrogen-bond acceptors (Lipinski definition) is 3. The third kappa shape index (κ3) is 5.16. The van der Waals surface area contributed by atoms with Crippen molar-refractivity contribution < 1.29 is 14.7 Å². The number of amides is 1. The summed E-state index contributed by atoms with van der Waals surface area (Å²) in [4.78, 5) is 21.8. The Balaban J connectivity index is 2.38. The maximum atomic E-state index is 11.5. The van der Waals surface area contributed by atoms with Crippen LogP contribution in [0.25, 0.3) is 0 Å². The van der Waals surface area contributed by atoms with Crippen molar-refractivity contribution in [2.24, 2.45) is 0 Å². The second-order valence-corrected chi connectivity index (χ2v) is 4.26. The number of halogens is 1. The van der Waals surface area contributed by atoms with E-state index in [1.807, 2.05) is 13.0 Å². The largest absolute Gasteiger partial charge is 0.481 e. The number of rotatable bonds is 6. The second-order valence-electron chi connectivity index (χ2n) is 3.85. The van der Waals surface area contributed by atoms with Gasteiger partial charge in [-0.15, -0.1) is 0 Å². The highest BCUT2D eigenvalue weighted by Gasteiger charge is 2.05. The predicted octanol–water partition coefficient (Wildman–Crippen LogP) is 1.65. The number of aliphatic carboxylic acids is 1. The van der Waals surface area contributed by atoms with Gasteiger partial charge in [0, 0.05) is 6.54 Å². The Bertz CT molecular complexity index is 449. The molecule has 5 nitrogen and oxygen atoms in total.